The van der Waals surface area contributed by atoms with Crippen LogP contribution < -0.4 is 19.7 Å². The van der Waals surface area contributed by atoms with Gasteiger partial charge in [-0.1, -0.05) is 5.21 Å². The fourth-order valence-corrected chi connectivity index (χ4v) is 9.33. The number of carbonyl (C=O) groups excluding carboxylic acids is 1. The van der Waals surface area contributed by atoms with Crippen LogP contribution in [0.15, 0.2) is 41.6 Å². The Kier molecular flexibility index (Phi) is 6.87. The molecule has 1 unspecified atom stereocenters. The highest BCUT2D eigenvalue weighted by atomic mass is 32.2. The quantitative estimate of drug-likeness (QED) is 0.284. The van der Waals surface area contributed by atoms with E-state index in [2.05, 4.69) is 38.9 Å². The number of hydrogen-bond donors (Lipinski definition) is 3. The first-order valence-corrected chi connectivity index (χ1v) is 17.2. The number of nitrogens with zero attached hydrogens (tertiary/aromatic N) is 5. The number of hydrogen-bond acceptors (Lipinski definition) is 9. The average Bonchev–Trinajstić information content (AvgIpc) is 3.97. The molecule has 2 spiro atoms. The van der Waals surface area contributed by atoms with Crippen LogP contribution in [0.3, 0.4) is 0 Å². The third-order valence-corrected chi connectivity index (χ3v) is 12.0. The van der Waals surface area contributed by atoms with Crippen molar-refractivity contribution in [3.05, 3.63) is 42.1 Å². The highest BCUT2D eigenvalue weighted by molar-refractivity contribution is 7.97. The van der Waals surface area contributed by atoms with Crippen molar-refractivity contribution in [2.45, 2.75) is 80.0 Å². The van der Waals surface area contributed by atoms with Crippen LogP contribution in [0.5, 0.6) is 11.6 Å². The number of amides is 1. The van der Waals surface area contributed by atoms with Gasteiger partial charge in [-0.05, 0) is 106 Å². The van der Waals surface area contributed by atoms with E-state index in [0.717, 1.165) is 63.4 Å². The Labute approximate surface area is 284 Å². The minimum absolute atomic E-state index is 0.0230. The van der Waals surface area contributed by atoms with Crippen LogP contribution in [0, 0.1) is 22.7 Å². The summed E-state index contributed by atoms with van der Waals surface area (Å²) >= 11 is 1.08. The summed E-state index contributed by atoms with van der Waals surface area (Å²) in [5.74, 6) is 1.80. The van der Waals surface area contributed by atoms with Crippen molar-refractivity contribution in [1.29, 1.82) is 0 Å². The van der Waals surface area contributed by atoms with Gasteiger partial charge in [-0.3, -0.25) is 9.52 Å². The van der Waals surface area contributed by atoms with Crippen molar-refractivity contribution in [2.24, 2.45) is 22.7 Å². The van der Waals surface area contributed by atoms with Gasteiger partial charge in [0.25, 0.3) is 5.91 Å². The molecule has 3 aromatic rings. The zero-order valence-corrected chi connectivity index (χ0v) is 27.5. The highest BCUT2D eigenvalue weighted by Crippen LogP contribution is 2.96. The Morgan fingerprint density at radius 2 is 1.79 bits per heavy atom. The number of ether oxygens (including phenoxy) is 1. The lowest BCUT2D eigenvalue weighted by atomic mass is 9.33. The molecule has 8 rings (SSSR count). The van der Waals surface area contributed by atoms with Crippen LogP contribution in [0.1, 0.15) is 69.2 Å². The van der Waals surface area contributed by atoms with E-state index in [1.54, 1.807) is 41.2 Å². The van der Waals surface area contributed by atoms with Crippen LogP contribution in [0.2, 0.25) is 5.21 Å². The molecule has 3 saturated carbocycles. The average molecular weight is 641 g/mol. The number of aromatic hydroxyl groups is 1. The molecule has 0 aromatic carbocycles. The highest BCUT2D eigenvalue weighted by Gasteiger charge is 2.89. The Bertz CT molecular complexity index is 1740. The fourth-order valence-electron chi connectivity index (χ4n) is 8.75. The van der Waals surface area contributed by atoms with Crippen molar-refractivity contribution >= 4 is 60.9 Å². The first-order valence-electron chi connectivity index (χ1n) is 16.4. The van der Waals surface area contributed by atoms with Gasteiger partial charge in [0.2, 0.25) is 5.88 Å². The molecule has 5 aliphatic rings. The van der Waals surface area contributed by atoms with Crippen LogP contribution in [-0.4, -0.2) is 86.2 Å². The maximum atomic E-state index is 13.7. The molecular formula is C32H35B4N7O3S. The zero-order chi connectivity index (χ0) is 33.0. The Morgan fingerprint density at radius 1 is 1.04 bits per heavy atom. The lowest BCUT2D eigenvalue weighted by Gasteiger charge is -2.45. The van der Waals surface area contributed by atoms with E-state index in [0.29, 0.717) is 40.5 Å². The number of pyridine rings is 2. The summed E-state index contributed by atoms with van der Waals surface area (Å²) < 4.78 is 10.5. The standard InChI is InChI=1S/C32H35B4N7O3S/c1-28(2)16-18-4-3-14-37-24-20(44)6-8-23(39-24)47-41-26(45)19-5-7-21(38-25(19)42(28)17-18)43-15-9-22(40-43)46-32(35,36)31(33,34)27-29(10-11-29)30(27)12-13-30/h5-9,15,18,27,44H,3-4,10-14,16-17H2,1-2H3,(H,37,39)(H,41,45). The number of nitrogens with one attached hydrogen (secondary N) is 2. The molecule has 1 atom stereocenters. The van der Waals surface area contributed by atoms with Crippen molar-refractivity contribution in [2.75, 3.05) is 23.3 Å². The smallest absolute Gasteiger partial charge is 0.265 e. The molecule has 3 aromatic heterocycles. The molecule has 10 nitrogen and oxygen atoms in total. The van der Waals surface area contributed by atoms with Crippen molar-refractivity contribution in [3.63, 3.8) is 0 Å². The van der Waals surface area contributed by atoms with E-state index >= 15 is 0 Å². The summed E-state index contributed by atoms with van der Waals surface area (Å²) in [4.78, 5) is 25.4. The molecule has 5 heterocycles. The molecule has 1 saturated heterocycles. The van der Waals surface area contributed by atoms with Gasteiger partial charge in [-0.15, -0.1) is 5.10 Å². The van der Waals surface area contributed by atoms with Crippen molar-refractivity contribution in [3.8, 4) is 17.4 Å². The van der Waals surface area contributed by atoms with Gasteiger partial charge in [0, 0.05) is 48.2 Å². The van der Waals surface area contributed by atoms with E-state index in [4.69, 9.17) is 41.1 Å². The number of carbonyl (C=O) groups is 1. The molecular weight excluding hydrogens is 606 g/mol. The molecule has 2 aliphatic heterocycles. The normalized spacial score (nSPS) is 24.1. The van der Waals surface area contributed by atoms with Gasteiger partial charge in [0.05, 0.1) is 21.3 Å². The molecule has 15 heteroatoms. The Hall–Kier alpha value is -3.21. The first kappa shape index (κ1) is 31.1. The van der Waals surface area contributed by atoms with E-state index < -0.39 is 10.6 Å². The largest absolute Gasteiger partial charge is 0.504 e. The molecule has 8 radical (unpaired) electrons. The van der Waals surface area contributed by atoms with E-state index in [1.807, 2.05) is 0 Å². The maximum absolute atomic E-state index is 13.7. The lowest BCUT2D eigenvalue weighted by molar-refractivity contribution is 0.0984. The van der Waals surface area contributed by atoms with Gasteiger partial charge in [-0.25, -0.2) is 14.6 Å². The summed E-state index contributed by atoms with van der Waals surface area (Å²) in [6.45, 7) is 5.77. The summed E-state index contributed by atoms with van der Waals surface area (Å²) in [7, 11) is 26.3. The van der Waals surface area contributed by atoms with Crippen LogP contribution in [0.25, 0.3) is 5.82 Å². The van der Waals surface area contributed by atoms with Gasteiger partial charge in [-0.2, -0.15) is 0 Å². The second-order valence-corrected chi connectivity index (χ2v) is 15.7. The summed E-state index contributed by atoms with van der Waals surface area (Å²) in [6.07, 6.45) is 8.96. The van der Waals surface area contributed by atoms with Gasteiger partial charge >= 0.3 is 0 Å². The van der Waals surface area contributed by atoms with Gasteiger partial charge < -0.3 is 20.1 Å². The second kappa shape index (κ2) is 10.4. The number of fused-ring (bicyclic) bond motifs is 7. The van der Waals surface area contributed by atoms with Gasteiger partial charge in [0.1, 0.15) is 26.5 Å². The number of anilines is 2. The minimum atomic E-state index is -1.84. The number of aromatic nitrogens is 4. The SMILES string of the molecule is [B]C([B])(Oc1ccn(-c2ccc3c(n2)N2CC(CCCNc4nc(ccc4O)SNC3=O)CC2(C)C)n1)C([B])([B])C1C2(CC2)C12CC2. The molecule has 3 N–H and O–H groups in total. The molecule has 3 aliphatic carbocycles. The van der Waals surface area contributed by atoms with Crippen LogP contribution in [0.4, 0.5) is 11.6 Å². The Morgan fingerprint density at radius 3 is 2.51 bits per heavy atom. The number of rotatable bonds is 5. The monoisotopic (exact) mass is 641 g/mol. The molecule has 1 amide bonds. The van der Waals surface area contributed by atoms with E-state index in [9.17, 15) is 9.90 Å². The second-order valence-electron chi connectivity index (χ2n) is 14.8. The first-order chi connectivity index (χ1) is 22.3. The molecule has 234 valence electrons. The summed E-state index contributed by atoms with van der Waals surface area (Å²) in [5, 5.41) is 15.4. The zero-order valence-electron chi connectivity index (χ0n) is 26.7. The van der Waals surface area contributed by atoms with Crippen LogP contribution >= 0.6 is 11.9 Å². The molecule has 47 heavy (non-hydrogen) atoms. The summed E-state index contributed by atoms with van der Waals surface area (Å²) in [5.41, 5.74) is 0.525. The predicted molar refractivity (Wildman–Crippen MR) is 184 cm³/mol. The van der Waals surface area contributed by atoms with E-state index in [-0.39, 0.29) is 39.8 Å². The minimum Gasteiger partial charge on any atom is -0.504 e. The van der Waals surface area contributed by atoms with Crippen molar-refractivity contribution in [1.82, 2.24) is 24.5 Å². The topological polar surface area (TPSA) is 117 Å². The summed E-state index contributed by atoms with van der Waals surface area (Å²) in [6, 6.07) is 8.38. The molecule has 4 fully saturated rings. The van der Waals surface area contributed by atoms with Gasteiger partial charge in [0.15, 0.2) is 17.4 Å². The molecule has 4 bridgehead atoms. The maximum Gasteiger partial charge on any atom is 0.265 e. The Balaban J connectivity index is 1.08. The lowest BCUT2D eigenvalue weighted by Crippen LogP contribution is -2.52. The van der Waals surface area contributed by atoms with Crippen molar-refractivity contribution < 1.29 is 14.6 Å². The predicted octanol–water partition coefficient (Wildman–Crippen LogP) is 3.63. The van der Waals surface area contributed by atoms with E-state index in [1.165, 1.54) is 0 Å². The third kappa shape index (κ3) is 4.96. The third-order valence-electron chi connectivity index (χ3n) is 11.3. The van der Waals surface area contributed by atoms with Crippen LogP contribution in [-0.2, 0) is 0 Å². The fraction of sp³-hybridized carbons (Fsp3) is 0.562.